The summed E-state index contributed by atoms with van der Waals surface area (Å²) in [5, 5.41) is -0.223. The third-order valence-corrected chi connectivity index (χ3v) is 4.77. The quantitative estimate of drug-likeness (QED) is 0.742. The third kappa shape index (κ3) is 2.55. The van der Waals surface area contributed by atoms with Crippen LogP contribution in [0.25, 0.3) is 5.65 Å². The van der Waals surface area contributed by atoms with Crippen LogP contribution in [0.1, 0.15) is 0 Å². The van der Waals surface area contributed by atoms with Crippen LogP contribution in [0.15, 0.2) is 47.8 Å². The molecule has 1 N–H and O–H groups in total. The van der Waals surface area contributed by atoms with Gasteiger partial charge in [0.2, 0.25) is 0 Å². The number of sulfonamides is 1. The molecule has 6 nitrogen and oxygen atoms in total. The molecule has 3 heterocycles. The van der Waals surface area contributed by atoms with Gasteiger partial charge in [-0.3, -0.25) is 9.12 Å². The zero-order chi connectivity index (χ0) is 15.0. The Hall–Kier alpha value is -1.83. The van der Waals surface area contributed by atoms with E-state index in [0.717, 1.165) is 0 Å². The van der Waals surface area contributed by atoms with Gasteiger partial charge >= 0.3 is 0 Å². The Morgan fingerprint density at radius 2 is 1.90 bits per heavy atom. The second kappa shape index (κ2) is 5.18. The van der Waals surface area contributed by atoms with E-state index >= 15 is 0 Å². The predicted molar refractivity (Wildman–Crippen MR) is 80.3 cm³/mol. The van der Waals surface area contributed by atoms with Gasteiger partial charge in [0.05, 0.1) is 5.69 Å². The number of rotatable bonds is 3. The molecule has 0 bridgehead atoms. The van der Waals surface area contributed by atoms with Crippen LogP contribution < -0.4 is 4.72 Å². The van der Waals surface area contributed by atoms with Crippen LogP contribution in [0.5, 0.6) is 0 Å². The number of anilines is 1. The van der Waals surface area contributed by atoms with Crippen LogP contribution >= 0.6 is 23.2 Å². The lowest BCUT2D eigenvalue weighted by Crippen LogP contribution is -2.16. The predicted octanol–water partition coefficient (Wildman–Crippen LogP) is 2.84. The smallest absolute Gasteiger partial charge is 0.281 e. The van der Waals surface area contributed by atoms with Crippen LogP contribution in [0, 0.1) is 0 Å². The Morgan fingerprint density at radius 3 is 2.67 bits per heavy atom. The Labute approximate surface area is 130 Å². The first-order valence-corrected chi connectivity index (χ1v) is 7.99. The minimum absolute atomic E-state index is 0.0472. The van der Waals surface area contributed by atoms with Crippen molar-refractivity contribution in [3.63, 3.8) is 0 Å². The number of hydrogen-bond donors (Lipinski definition) is 1. The molecule has 0 radical (unpaired) electrons. The molecular formula is C12H8Cl2N4O2S. The molecule has 0 aromatic carbocycles. The molecule has 0 aliphatic carbocycles. The molecule has 0 spiro atoms. The number of aromatic nitrogens is 3. The summed E-state index contributed by atoms with van der Waals surface area (Å²) in [5.74, 6) is 0. The molecular weight excluding hydrogens is 335 g/mol. The lowest BCUT2D eigenvalue weighted by molar-refractivity contribution is 0.596. The van der Waals surface area contributed by atoms with Crippen LogP contribution in [0.3, 0.4) is 0 Å². The van der Waals surface area contributed by atoms with Gasteiger partial charge in [-0.25, -0.2) is 9.97 Å². The Balaban J connectivity index is 2.13. The highest BCUT2D eigenvalue weighted by molar-refractivity contribution is 7.92. The lowest BCUT2D eigenvalue weighted by Gasteiger charge is -2.08. The van der Waals surface area contributed by atoms with Gasteiger partial charge in [-0.05, 0) is 24.3 Å². The highest BCUT2D eigenvalue weighted by Crippen LogP contribution is 2.26. The molecule has 0 fully saturated rings. The van der Waals surface area contributed by atoms with Gasteiger partial charge in [0.1, 0.15) is 5.65 Å². The maximum Gasteiger partial charge on any atom is 0.281 e. The summed E-state index contributed by atoms with van der Waals surface area (Å²) in [6, 6.07) is 8.15. The lowest BCUT2D eigenvalue weighted by atomic mass is 10.4. The molecule has 0 aliphatic heterocycles. The zero-order valence-electron chi connectivity index (χ0n) is 10.4. The molecule has 21 heavy (non-hydrogen) atoms. The average Bonchev–Trinajstić information content (AvgIpc) is 2.77. The molecule has 0 saturated carbocycles. The topological polar surface area (TPSA) is 76.4 Å². The zero-order valence-corrected chi connectivity index (χ0v) is 12.7. The molecule has 9 heteroatoms. The van der Waals surface area contributed by atoms with Gasteiger partial charge in [0.25, 0.3) is 10.0 Å². The van der Waals surface area contributed by atoms with E-state index in [9.17, 15) is 8.42 Å². The SMILES string of the molecule is O=S(=O)(Nc1cccnc1Cl)c1c(Cl)nc2ccccn12. The van der Waals surface area contributed by atoms with Gasteiger partial charge in [0.15, 0.2) is 15.3 Å². The van der Waals surface area contributed by atoms with Crippen molar-refractivity contribution in [3.05, 3.63) is 53.0 Å². The summed E-state index contributed by atoms with van der Waals surface area (Å²) in [5.41, 5.74) is 0.598. The first-order chi connectivity index (χ1) is 9.99. The molecule has 0 aliphatic rings. The molecule has 3 aromatic rings. The van der Waals surface area contributed by atoms with E-state index in [0.29, 0.717) is 5.65 Å². The highest BCUT2D eigenvalue weighted by Gasteiger charge is 2.25. The molecule has 0 atom stereocenters. The van der Waals surface area contributed by atoms with E-state index in [4.69, 9.17) is 23.2 Å². The van der Waals surface area contributed by atoms with Crippen LogP contribution in [0.4, 0.5) is 5.69 Å². The van der Waals surface area contributed by atoms with E-state index in [2.05, 4.69) is 14.7 Å². The van der Waals surface area contributed by atoms with E-state index in [1.807, 2.05) is 0 Å². The Morgan fingerprint density at radius 1 is 1.10 bits per heavy atom. The molecule has 3 aromatic heterocycles. The standard InChI is InChI=1S/C12H8Cl2N4O2S/c13-10-8(4-3-6-15-10)17-21(19,20)12-11(14)16-9-5-1-2-7-18(9)12/h1-7,17H. The molecule has 0 unspecified atom stereocenters. The maximum atomic E-state index is 12.5. The second-order valence-corrected chi connectivity index (χ2v) is 6.40. The maximum absolute atomic E-state index is 12.5. The van der Waals surface area contributed by atoms with Crippen molar-refractivity contribution in [3.8, 4) is 0 Å². The number of halogens is 2. The van der Waals surface area contributed by atoms with Crippen molar-refractivity contribution in [2.75, 3.05) is 4.72 Å². The fourth-order valence-corrected chi connectivity index (χ4v) is 3.78. The summed E-state index contributed by atoms with van der Waals surface area (Å²) in [6.45, 7) is 0. The van der Waals surface area contributed by atoms with Crippen molar-refractivity contribution in [2.24, 2.45) is 0 Å². The third-order valence-electron chi connectivity index (χ3n) is 2.70. The highest BCUT2D eigenvalue weighted by atomic mass is 35.5. The fourth-order valence-electron chi connectivity index (χ4n) is 1.84. The first kappa shape index (κ1) is 14.1. The van der Waals surface area contributed by atoms with Gasteiger partial charge < -0.3 is 0 Å². The monoisotopic (exact) mass is 342 g/mol. The summed E-state index contributed by atoms with van der Waals surface area (Å²) in [7, 11) is -3.96. The number of imidazole rings is 1. The minimum Gasteiger partial charge on any atom is -0.288 e. The molecule has 3 rings (SSSR count). The van der Waals surface area contributed by atoms with Crippen molar-refractivity contribution < 1.29 is 8.42 Å². The van der Waals surface area contributed by atoms with Gasteiger partial charge in [-0.1, -0.05) is 29.3 Å². The number of hydrogen-bond acceptors (Lipinski definition) is 4. The summed E-state index contributed by atoms with van der Waals surface area (Å²) in [6.07, 6.45) is 3.02. The summed E-state index contributed by atoms with van der Waals surface area (Å²) >= 11 is 11.8. The minimum atomic E-state index is -3.96. The Kier molecular flexibility index (Phi) is 3.48. The van der Waals surface area contributed by atoms with Gasteiger partial charge in [-0.2, -0.15) is 8.42 Å². The second-order valence-electron chi connectivity index (χ2n) is 4.08. The normalized spacial score (nSPS) is 11.7. The summed E-state index contributed by atoms with van der Waals surface area (Å²) < 4.78 is 28.8. The summed E-state index contributed by atoms with van der Waals surface area (Å²) in [4.78, 5) is 7.82. The van der Waals surface area contributed by atoms with Crippen molar-refractivity contribution in [2.45, 2.75) is 5.03 Å². The van der Waals surface area contributed by atoms with Crippen molar-refractivity contribution in [1.82, 2.24) is 14.4 Å². The van der Waals surface area contributed by atoms with Gasteiger partial charge in [0, 0.05) is 12.4 Å². The van der Waals surface area contributed by atoms with Crippen LogP contribution in [0.2, 0.25) is 10.3 Å². The fraction of sp³-hybridized carbons (Fsp3) is 0. The average molecular weight is 343 g/mol. The van der Waals surface area contributed by atoms with E-state index in [1.54, 1.807) is 30.5 Å². The van der Waals surface area contributed by atoms with E-state index in [1.165, 1.54) is 16.7 Å². The Bertz CT molecular complexity index is 924. The van der Waals surface area contributed by atoms with Crippen LogP contribution in [-0.2, 0) is 10.0 Å². The van der Waals surface area contributed by atoms with E-state index in [-0.39, 0.29) is 21.0 Å². The number of pyridine rings is 2. The van der Waals surface area contributed by atoms with Crippen LogP contribution in [-0.4, -0.2) is 22.8 Å². The van der Waals surface area contributed by atoms with E-state index < -0.39 is 10.0 Å². The molecule has 0 saturated heterocycles. The van der Waals surface area contributed by atoms with Gasteiger partial charge in [-0.15, -0.1) is 0 Å². The first-order valence-electron chi connectivity index (χ1n) is 5.75. The number of nitrogens with zero attached hydrogens (tertiary/aromatic N) is 3. The molecule has 108 valence electrons. The van der Waals surface area contributed by atoms with Crippen molar-refractivity contribution in [1.29, 1.82) is 0 Å². The number of fused-ring (bicyclic) bond motifs is 1. The van der Waals surface area contributed by atoms with Crippen molar-refractivity contribution >= 4 is 44.6 Å². The number of nitrogens with one attached hydrogen (secondary N) is 1. The molecule has 0 amide bonds. The largest absolute Gasteiger partial charge is 0.288 e.